The monoisotopic (exact) mass is 234 g/mol. The van der Waals surface area contributed by atoms with Crippen LogP contribution in [0.25, 0.3) is 11.2 Å². The second-order valence-electron chi connectivity index (χ2n) is 4.39. The third kappa shape index (κ3) is 2.00. The number of anilines is 1. The van der Waals surface area contributed by atoms with Gasteiger partial charge in [0.15, 0.2) is 17.0 Å². The van der Waals surface area contributed by atoms with E-state index >= 15 is 0 Å². The maximum Gasteiger partial charge on any atom is 0.348 e. The smallest absolute Gasteiger partial charge is 0.348 e. The second-order valence-corrected chi connectivity index (χ2v) is 4.39. The normalized spacial score (nSPS) is 17.4. The van der Waals surface area contributed by atoms with Gasteiger partial charge < -0.3 is 5.32 Å². The number of fused-ring (bicyclic) bond motifs is 1. The number of aromatic nitrogens is 5. The molecule has 0 bridgehead atoms. The quantitative estimate of drug-likeness (QED) is 0.713. The van der Waals surface area contributed by atoms with E-state index in [-0.39, 0.29) is 0 Å². The Bertz CT molecular complexity index is 567. The van der Waals surface area contributed by atoms with Crippen LogP contribution in [0.2, 0.25) is 0 Å². The molecule has 1 aliphatic rings. The van der Waals surface area contributed by atoms with Gasteiger partial charge >= 0.3 is 5.69 Å². The number of nitrogens with zero attached hydrogens (tertiary/aromatic N) is 3. The summed E-state index contributed by atoms with van der Waals surface area (Å²) in [6.45, 7) is 0. The molecule has 1 fully saturated rings. The summed E-state index contributed by atoms with van der Waals surface area (Å²) in [7, 11) is 0. The molecule has 0 radical (unpaired) electrons. The molecule has 0 spiro atoms. The number of nitrogens with one attached hydrogen (secondary N) is 3. The van der Waals surface area contributed by atoms with Crippen LogP contribution in [-0.2, 0) is 0 Å². The fourth-order valence-electron chi connectivity index (χ4n) is 2.31. The molecule has 0 unspecified atom stereocenters. The van der Waals surface area contributed by atoms with Crippen LogP contribution in [0.3, 0.4) is 0 Å². The van der Waals surface area contributed by atoms with E-state index in [1.165, 1.54) is 19.3 Å². The molecule has 0 aromatic carbocycles. The molecule has 1 aliphatic carbocycles. The average Bonchev–Trinajstić information content (AvgIpc) is 2.78. The third-order valence-corrected chi connectivity index (χ3v) is 3.16. The minimum absolute atomic E-state index is 0.387. The number of H-pyrrole nitrogens is 2. The highest BCUT2D eigenvalue weighted by atomic mass is 16.1. The first-order valence-electron chi connectivity index (χ1n) is 5.90. The van der Waals surface area contributed by atoms with E-state index < -0.39 is 5.69 Å². The fourth-order valence-corrected chi connectivity index (χ4v) is 2.31. The standard InChI is InChI=1S/C10H14N6O/c17-10-12-8(7-9(13-10)15-16-14-7)11-6-4-2-1-3-5-6/h6H,1-5H2,(H3,11,12,13,14,15,16,17). The topological polar surface area (TPSA) is 99.3 Å². The van der Waals surface area contributed by atoms with Gasteiger partial charge in [-0.1, -0.05) is 19.3 Å². The summed E-state index contributed by atoms with van der Waals surface area (Å²) < 4.78 is 0. The van der Waals surface area contributed by atoms with Gasteiger partial charge in [0.05, 0.1) is 0 Å². The summed E-state index contributed by atoms with van der Waals surface area (Å²) in [6.07, 6.45) is 5.98. The summed E-state index contributed by atoms with van der Waals surface area (Å²) >= 11 is 0. The molecular weight excluding hydrogens is 220 g/mol. The predicted molar refractivity (Wildman–Crippen MR) is 62.8 cm³/mol. The Morgan fingerprint density at radius 2 is 2.00 bits per heavy atom. The zero-order valence-corrected chi connectivity index (χ0v) is 9.36. The van der Waals surface area contributed by atoms with E-state index in [4.69, 9.17) is 0 Å². The predicted octanol–water partition coefficient (Wildman–Crippen LogP) is 0.786. The zero-order chi connectivity index (χ0) is 11.7. The Kier molecular flexibility index (Phi) is 2.50. The molecule has 7 heteroatoms. The van der Waals surface area contributed by atoms with Gasteiger partial charge in [0.2, 0.25) is 0 Å². The number of hydrogen-bond acceptors (Lipinski definition) is 5. The van der Waals surface area contributed by atoms with Crippen molar-refractivity contribution in [2.75, 3.05) is 5.32 Å². The third-order valence-electron chi connectivity index (χ3n) is 3.16. The SMILES string of the molecule is O=c1nc(NC2CCCCC2)c2n[nH]nc2[nH]1. The second kappa shape index (κ2) is 4.15. The molecule has 2 heterocycles. The number of aromatic amines is 2. The maximum absolute atomic E-state index is 11.4. The molecule has 3 rings (SSSR count). The van der Waals surface area contributed by atoms with Gasteiger partial charge in [-0.3, -0.25) is 4.98 Å². The minimum Gasteiger partial charge on any atom is -0.365 e. The van der Waals surface area contributed by atoms with E-state index in [0.717, 1.165) is 12.8 Å². The zero-order valence-electron chi connectivity index (χ0n) is 9.36. The number of hydrogen-bond donors (Lipinski definition) is 3. The molecule has 90 valence electrons. The highest BCUT2D eigenvalue weighted by molar-refractivity contribution is 5.81. The van der Waals surface area contributed by atoms with E-state index in [1.807, 2.05) is 0 Å². The van der Waals surface area contributed by atoms with Crippen molar-refractivity contribution in [3.63, 3.8) is 0 Å². The van der Waals surface area contributed by atoms with E-state index in [9.17, 15) is 4.79 Å². The van der Waals surface area contributed by atoms with Crippen LogP contribution in [0.5, 0.6) is 0 Å². The molecule has 2 aromatic rings. The Morgan fingerprint density at radius 1 is 1.18 bits per heavy atom. The summed E-state index contributed by atoms with van der Waals surface area (Å²) in [6, 6.07) is 0.387. The lowest BCUT2D eigenvalue weighted by molar-refractivity contribution is 0.462. The van der Waals surface area contributed by atoms with Gasteiger partial charge in [0.25, 0.3) is 0 Å². The first kappa shape index (κ1) is 10.2. The van der Waals surface area contributed by atoms with Crippen LogP contribution in [0.15, 0.2) is 4.79 Å². The van der Waals surface area contributed by atoms with Crippen LogP contribution in [0, 0.1) is 0 Å². The molecular formula is C10H14N6O. The Hall–Kier alpha value is -1.92. The molecule has 0 saturated heterocycles. The maximum atomic E-state index is 11.4. The minimum atomic E-state index is -0.398. The van der Waals surface area contributed by atoms with Crippen LogP contribution < -0.4 is 11.0 Å². The fraction of sp³-hybridized carbons (Fsp3) is 0.600. The van der Waals surface area contributed by atoms with Crippen molar-refractivity contribution in [1.29, 1.82) is 0 Å². The summed E-state index contributed by atoms with van der Waals surface area (Å²) in [5.41, 5.74) is 0.642. The van der Waals surface area contributed by atoms with Crippen LogP contribution >= 0.6 is 0 Å². The lowest BCUT2D eigenvalue weighted by Gasteiger charge is -2.22. The summed E-state index contributed by atoms with van der Waals surface area (Å²) in [4.78, 5) is 17.8. The molecule has 7 nitrogen and oxygen atoms in total. The van der Waals surface area contributed by atoms with Crippen molar-refractivity contribution in [3.8, 4) is 0 Å². The van der Waals surface area contributed by atoms with Crippen molar-refractivity contribution in [2.24, 2.45) is 0 Å². The van der Waals surface area contributed by atoms with Gasteiger partial charge in [0, 0.05) is 6.04 Å². The first-order valence-corrected chi connectivity index (χ1v) is 5.90. The highest BCUT2D eigenvalue weighted by Gasteiger charge is 2.16. The van der Waals surface area contributed by atoms with E-state index in [2.05, 4.69) is 30.7 Å². The van der Waals surface area contributed by atoms with E-state index in [1.54, 1.807) is 0 Å². The van der Waals surface area contributed by atoms with Gasteiger partial charge in [-0.15, -0.1) is 5.10 Å². The van der Waals surface area contributed by atoms with Gasteiger partial charge in [-0.2, -0.15) is 15.3 Å². The number of rotatable bonds is 2. The highest BCUT2D eigenvalue weighted by Crippen LogP contribution is 2.22. The van der Waals surface area contributed by atoms with Crippen LogP contribution in [0.4, 0.5) is 5.82 Å². The van der Waals surface area contributed by atoms with Crippen LogP contribution in [0.1, 0.15) is 32.1 Å². The van der Waals surface area contributed by atoms with Gasteiger partial charge in [-0.25, -0.2) is 4.79 Å². The van der Waals surface area contributed by atoms with E-state index in [0.29, 0.717) is 23.0 Å². The Balaban J connectivity index is 1.93. The molecule has 2 aromatic heterocycles. The lowest BCUT2D eigenvalue weighted by Crippen LogP contribution is -2.25. The summed E-state index contributed by atoms with van der Waals surface area (Å²) in [5, 5.41) is 13.6. The molecule has 1 saturated carbocycles. The molecule has 0 aliphatic heterocycles. The molecule has 3 N–H and O–H groups in total. The Morgan fingerprint density at radius 3 is 2.82 bits per heavy atom. The van der Waals surface area contributed by atoms with Crippen LogP contribution in [-0.4, -0.2) is 31.4 Å². The largest absolute Gasteiger partial charge is 0.365 e. The van der Waals surface area contributed by atoms with Crippen molar-refractivity contribution in [1.82, 2.24) is 25.4 Å². The van der Waals surface area contributed by atoms with Crippen molar-refractivity contribution in [2.45, 2.75) is 38.1 Å². The molecule has 0 atom stereocenters. The molecule has 0 amide bonds. The Labute approximate surface area is 97.0 Å². The first-order chi connectivity index (χ1) is 8.33. The summed E-state index contributed by atoms with van der Waals surface area (Å²) in [5.74, 6) is 0.532. The molecule has 17 heavy (non-hydrogen) atoms. The van der Waals surface area contributed by atoms with Gasteiger partial charge in [0.1, 0.15) is 0 Å². The van der Waals surface area contributed by atoms with Gasteiger partial charge in [-0.05, 0) is 12.8 Å². The van der Waals surface area contributed by atoms with Crippen molar-refractivity contribution >= 4 is 17.0 Å². The lowest BCUT2D eigenvalue weighted by atomic mass is 9.95. The van der Waals surface area contributed by atoms with Crippen molar-refractivity contribution in [3.05, 3.63) is 10.5 Å². The average molecular weight is 234 g/mol. The van der Waals surface area contributed by atoms with Crippen molar-refractivity contribution < 1.29 is 0 Å².